The molecule has 0 aliphatic heterocycles. The van der Waals surface area contributed by atoms with Crippen molar-refractivity contribution in [3.8, 4) is 5.75 Å². The molecule has 0 bridgehead atoms. The van der Waals surface area contributed by atoms with Crippen LogP contribution in [0.15, 0.2) is 18.2 Å². The first kappa shape index (κ1) is 10.6. The molecule has 0 aliphatic carbocycles. The van der Waals surface area contributed by atoms with Gasteiger partial charge in [0.05, 0.1) is 0 Å². The second-order valence-electron chi connectivity index (χ2n) is 4.27. The summed E-state index contributed by atoms with van der Waals surface area (Å²) in [5, 5.41) is 19.9. The Balaban J connectivity index is 3.27. The van der Waals surface area contributed by atoms with E-state index in [0.29, 0.717) is 0 Å². The molecule has 1 N–H and O–H groups in total. The minimum Gasteiger partial charge on any atom is -0.507 e. The Morgan fingerprint density at radius 3 is 2.29 bits per heavy atom. The number of benzene rings is 1. The predicted molar refractivity (Wildman–Crippen MR) is 51.8 cm³/mol. The van der Waals surface area contributed by atoms with E-state index < -0.39 is 5.97 Å². The number of phenolic OH excluding ortho intramolecular Hbond substituents is 1. The third kappa shape index (κ3) is 2.05. The van der Waals surface area contributed by atoms with Crippen molar-refractivity contribution in [1.29, 1.82) is 0 Å². The lowest BCUT2D eigenvalue weighted by molar-refractivity contribution is 0.0569. The highest BCUT2D eigenvalue weighted by molar-refractivity contribution is 5.90. The molecule has 0 amide bonds. The van der Waals surface area contributed by atoms with Crippen LogP contribution in [-0.2, 0) is 10.5 Å². The average Bonchev–Trinajstić information content (AvgIpc) is 2.02. The van der Waals surface area contributed by atoms with Gasteiger partial charge in [0.2, 0.25) is 0 Å². The Labute approximate surface area is 83.0 Å². The van der Waals surface area contributed by atoms with Crippen molar-refractivity contribution in [2.75, 3.05) is 0 Å². The lowest BCUT2D eigenvalue weighted by atomic mass is 9.86. The monoisotopic (exact) mass is 193 g/mol. The fraction of sp³-hybridized carbons (Fsp3) is 0.364. The molecule has 0 unspecified atom stereocenters. The molecule has 75 valence electrons. The Kier molecular flexibility index (Phi) is 2.51. The second kappa shape index (κ2) is 3.33. The van der Waals surface area contributed by atoms with Crippen LogP contribution in [0.5, 0.6) is 5.75 Å². The number of phenols is 1. The largest absolute Gasteiger partial charge is 0.507 e. The van der Waals surface area contributed by atoms with E-state index in [1.807, 2.05) is 20.8 Å². The second-order valence-corrected chi connectivity index (χ2v) is 4.27. The number of carbonyl (C=O) groups is 1. The van der Waals surface area contributed by atoms with Crippen LogP contribution in [0.2, 0.25) is 0 Å². The van der Waals surface area contributed by atoms with Gasteiger partial charge in [0.1, 0.15) is 11.3 Å². The smallest absolute Gasteiger partial charge is 0.390 e. The molecule has 3 nitrogen and oxygen atoms in total. The Bertz CT molecular complexity index is 361. The molecule has 3 heteroatoms. The van der Waals surface area contributed by atoms with Crippen LogP contribution >= 0.6 is 0 Å². The molecule has 1 aromatic carbocycles. The van der Waals surface area contributed by atoms with Gasteiger partial charge in [-0.3, -0.25) is 0 Å². The van der Waals surface area contributed by atoms with Gasteiger partial charge >= 0.3 is 5.97 Å². The van der Waals surface area contributed by atoms with Crippen LogP contribution in [0.1, 0.15) is 36.7 Å². The minimum atomic E-state index is -1.35. The summed E-state index contributed by atoms with van der Waals surface area (Å²) in [6, 6.07) is 4.54. The molecule has 0 aromatic heterocycles. The third-order valence-corrected chi connectivity index (χ3v) is 2.08. The maximum absolute atomic E-state index is 10.6. The summed E-state index contributed by atoms with van der Waals surface area (Å²) >= 11 is 0. The highest BCUT2D eigenvalue weighted by Crippen LogP contribution is 2.27. The first-order chi connectivity index (χ1) is 6.32. The van der Waals surface area contributed by atoms with E-state index in [9.17, 15) is 15.0 Å². The van der Waals surface area contributed by atoms with E-state index >= 15 is 0 Å². The van der Waals surface area contributed by atoms with Crippen LogP contribution in [0.4, 0.5) is 0 Å². The van der Waals surface area contributed by atoms with Crippen molar-refractivity contribution in [1.82, 2.24) is 0 Å². The van der Waals surface area contributed by atoms with E-state index in [1.165, 1.54) is 12.1 Å². The van der Waals surface area contributed by atoms with Crippen molar-refractivity contribution in [2.45, 2.75) is 26.2 Å². The zero-order valence-corrected chi connectivity index (χ0v) is 8.50. The normalized spacial score (nSPS) is 11.4. The van der Waals surface area contributed by atoms with Crippen LogP contribution in [-0.4, -0.2) is 11.1 Å². The number of hydrogen-bond acceptors (Lipinski definition) is 2. The molecule has 0 atom stereocenters. The van der Waals surface area contributed by atoms with Crippen LogP contribution in [0, 0.1) is 0 Å². The molecule has 0 spiro atoms. The van der Waals surface area contributed by atoms with Gasteiger partial charge in [0.15, 0.2) is 0 Å². The molecule has 1 aromatic rings. The first-order valence-electron chi connectivity index (χ1n) is 4.37. The van der Waals surface area contributed by atoms with Gasteiger partial charge in [0, 0.05) is 0 Å². The fourth-order valence-electron chi connectivity index (χ4n) is 1.17. The lowest BCUT2D eigenvalue weighted by Gasteiger charge is -2.19. The SMILES string of the molecule is CC(C)(C)c1ccc(O)c(C([O])=O)c1. The van der Waals surface area contributed by atoms with Gasteiger partial charge in [-0.2, -0.15) is 0 Å². The molecule has 0 saturated heterocycles. The van der Waals surface area contributed by atoms with E-state index in [4.69, 9.17) is 0 Å². The van der Waals surface area contributed by atoms with Crippen LogP contribution in [0.3, 0.4) is 0 Å². The average molecular weight is 193 g/mol. The molecular formula is C11H13O3. The highest BCUT2D eigenvalue weighted by atomic mass is 16.4. The van der Waals surface area contributed by atoms with Crippen molar-refractivity contribution in [3.63, 3.8) is 0 Å². The van der Waals surface area contributed by atoms with Gasteiger partial charge in [-0.25, -0.2) is 9.90 Å². The zero-order chi connectivity index (χ0) is 10.9. The van der Waals surface area contributed by atoms with E-state index in [2.05, 4.69) is 0 Å². The zero-order valence-electron chi connectivity index (χ0n) is 8.50. The summed E-state index contributed by atoms with van der Waals surface area (Å²) in [6.07, 6.45) is 0. The summed E-state index contributed by atoms with van der Waals surface area (Å²) in [5.74, 6) is -1.60. The summed E-state index contributed by atoms with van der Waals surface area (Å²) in [5.41, 5.74) is 0.560. The maximum atomic E-state index is 10.6. The van der Waals surface area contributed by atoms with Crippen molar-refractivity contribution in [3.05, 3.63) is 29.3 Å². The molecule has 14 heavy (non-hydrogen) atoms. The highest BCUT2D eigenvalue weighted by Gasteiger charge is 2.18. The maximum Gasteiger partial charge on any atom is 0.390 e. The molecule has 1 rings (SSSR count). The van der Waals surface area contributed by atoms with Gasteiger partial charge in [-0.1, -0.05) is 26.8 Å². The quantitative estimate of drug-likeness (QED) is 0.743. The van der Waals surface area contributed by atoms with E-state index in [0.717, 1.165) is 5.56 Å². The molecule has 1 radical (unpaired) electrons. The molecule has 0 heterocycles. The fourth-order valence-corrected chi connectivity index (χ4v) is 1.17. The Hall–Kier alpha value is -1.51. The van der Waals surface area contributed by atoms with Crippen LogP contribution in [0.25, 0.3) is 0 Å². The predicted octanol–water partition coefficient (Wildman–Crippen LogP) is 2.26. The summed E-state index contributed by atoms with van der Waals surface area (Å²) in [4.78, 5) is 10.6. The summed E-state index contributed by atoms with van der Waals surface area (Å²) in [7, 11) is 0. The number of rotatable bonds is 1. The Morgan fingerprint density at radius 2 is 1.86 bits per heavy atom. The number of aromatic hydroxyl groups is 1. The van der Waals surface area contributed by atoms with Gasteiger partial charge in [0.25, 0.3) is 0 Å². The van der Waals surface area contributed by atoms with Crippen molar-refractivity contribution in [2.24, 2.45) is 0 Å². The first-order valence-corrected chi connectivity index (χ1v) is 4.37. The third-order valence-electron chi connectivity index (χ3n) is 2.08. The standard InChI is InChI=1S/C11H13O3/c1-11(2,3)7-4-5-9(12)8(6-7)10(13)14/h4-6,12H,1-3H3. The summed E-state index contributed by atoms with van der Waals surface area (Å²) in [6.45, 7) is 5.91. The van der Waals surface area contributed by atoms with Crippen molar-refractivity contribution < 1.29 is 15.0 Å². The lowest BCUT2D eigenvalue weighted by Crippen LogP contribution is -2.12. The van der Waals surface area contributed by atoms with Crippen LogP contribution < -0.4 is 0 Å². The van der Waals surface area contributed by atoms with Crippen molar-refractivity contribution >= 4 is 5.97 Å². The molecule has 0 aliphatic rings. The Morgan fingerprint density at radius 1 is 1.29 bits per heavy atom. The molecule has 0 fully saturated rings. The molecular weight excluding hydrogens is 180 g/mol. The number of carbonyl (C=O) groups excluding carboxylic acids is 1. The minimum absolute atomic E-state index is 0.141. The summed E-state index contributed by atoms with van der Waals surface area (Å²) < 4.78 is 0. The topological polar surface area (TPSA) is 57.2 Å². The van der Waals surface area contributed by atoms with Gasteiger partial charge in [-0.05, 0) is 23.1 Å². The van der Waals surface area contributed by atoms with Gasteiger partial charge in [-0.15, -0.1) is 0 Å². The molecule has 0 saturated carbocycles. The van der Waals surface area contributed by atoms with E-state index in [-0.39, 0.29) is 16.7 Å². The van der Waals surface area contributed by atoms with Gasteiger partial charge < -0.3 is 5.11 Å². The number of hydrogen-bond donors (Lipinski definition) is 1. The van der Waals surface area contributed by atoms with E-state index in [1.54, 1.807) is 6.07 Å².